The van der Waals surface area contributed by atoms with Crippen molar-refractivity contribution in [3.63, 3.8) is 0 Å². The van der Waals surface area contributed by atoms with Crippen LogP contribution in [0.3, 0.4) is 0 Å². The third-order valence-corrected chi connectivity index (χ3v) is 3.01. The van der Waals surface area contributed by atoms with Gasteiger partial charge in [-0.05, 0) is 25.7 Å². The van der Waals surface area contributed by atoms with Gasteiger partial charge in [0.2, 0.25) is 0 Å². The molecule has 11 heavy (non-hydrogen) atoms. The average Bonchev–Trinajstić information content (AvgIpc) is 2.39. The highest BCUT2D eigenvalue weighted by molar-refractivity contribution is 5.09. The quantitative estimate of drug-likeness (QED) is 0.573. The van der Waals surface area contributed by atoms with Gasteiger partial charge in [-0.25, -0.2) is 0 Å². The maximum Gasteiger partial charge on any atom is 0.0835 e. The van der Waals surface area contributed by atoms with Crippen LogP contribution in [0, 0.1) is 16.7 Å². The molecule has 1 atom stereocenters. The molecular formula is C9H13NO. The highest BCUT2D eigenvalue weighted by atomic mass is 16.5. The van der Waals surface area contributed by atoms with Gasteiger partial charge < -0.3 is 4.74 Å². The molecule has 1 heterocycles. The van der Waals surface area contributed by atoms with Gasteiger partial charge in [-0.1, -0.05) is 6.42 Å². The third kappa shape index (κ3) is 0.954. The lowest BCUT2D eigenvalue weighted by atomic mass is 9.65. The van der Waals surface area contributed by atoms with Crippen molar-refractivity contribution in [1.82, 2.24) is 0 Å². The topological polar surface area (TPSA) is 33.0 Å². The first-order valence-electron chi connectivity index (χ1n) is 4.40. The van der Waals surface area contributed by atoms with E-state index in [1.165, 1.54) is 6.42 Å². The van der Waals surface area contributed by atoms with Gasteiger partial charge in [0.1, 0.15) is 0 Å². The van der Waals surface area contributed by atoms with Crippen LogP contribution in [0.2, 0.25) is 0 Å². The van der Waals surface area contributed by atoms with E-state index in [0.29, 0.717) is 0 Å². The number of ether oxygens (including phenoxy) is 1. The van der Waals surface area contributed by atoms with Crippen LogP contribution in [0.1, 0.15) is 32.1 Å². The van der Waals surface area contributed by atoms with E-state index in [0.717, 1.165) is 32.3 Å². The maximum absolute atomic E-state index is 8.97. The van der Waals surface area contributed by atoms with Crippen molar-refractivity contribution in [1.29, 1.82) is 5.26 Å². The molecule has 2 nitrogen and oxygen atoms in total. The molecule has 60 valence electrons. The standard InChI is InChI=1S/C9H13NO/c10-7-9(4-2-5-9)8-3-1-6-11-8/h8H,1-6H2. The molecule has 1 aliphatic carbocycles. The van der Waals surface area contributed by atoms with Crippen LogP contribution in [-0.2, 0) is 4.74 Å². The molecule has 2 fully saturated rings. The second-order valence-corrected chi connectivity index (χ2v) is 3.62. The molecule has 0 radical (unpaired) electrons. The van der Waals surface area contributed by atoms with E-state index < -0.39 is 0 Å². The molecule has 0 N–H and O–H groups in total. The van der Waals surface area contributed by atoms with Crippen LogP contribution >= 0.6 is 0 Å². The van der Waals surface area contributed by atoms with Gasteiger partial charge in [0, 0.05) is 6.61 Å². The predicted octanol–water partition coefficient (Wildman–Crippen LogP) is 1.86. The van der Waals surface area contributed by atoms with Crippen molar-refractivity contribution in [3.05, 3.63) is 0 Å². The van der Waals surface area contributed by atoms with Crippen molar-refractivity contribution in [2.24, 2.45) is 5.41 Å². The molecule has 1 saturated carbocycles. The van der Waals surface area contributed by atoms with Gasteiger partial charge in [-0.2, -0.15) is 5.26 Å². The molecule has 0 amide bonds. The zero-order valence-corrected chi connectivity index (χ0v) is 6.68. The smallest absolute Gasteiger partial charge is 0.0835 e. The molecule has 2 heteroatoms. The summed E-state index contributed by atoms with van der Waals surface area (Å²) in [5, 5.41) is 8.97. The summed E-state index contributed by atoms with van der Waals surface area (Å²) in [5.74, 6) is 0. The molecule has 0 aromatic heterocycles. The summed E-state index contributed by atoms with van der Waals surface area (Å²) in [6, 6.07) is 2.43. The van der Waals surface area contributed by atoms with Gasteiger partial charge in [-0.3, -0.25) is 0 Å². The zero-order valence-electron chi connectivity index (χ0n) is 6.68. The number of nitriles is 1. The SMILES string of the molecule is N#CC1(C2CCCO2)CCC1. The first-order chi connectivity index (χ1) is 5.37. The van der Waals surface area contributed by atoms with Crippen molar-refractivity contribution >= 4 is 0 Å². The summed E-state index contributed by atoms with van der Waals surface area (Å²) in [5.41, 5.74) is -0.0729. The molecule has 2 rings (SSSR count). The Morgan fingerprint density at radius 2 is 2.18 bits per heavy atom. The Bertz CT molecular complexity index is 184. The van der Waals surface area contributed by atoms with Crippen LogP contribution in [0.25, 0.3) is 0 Å². The lowest BCUT2D eigenvalue weighted by Gasteiger charge is -2.39. The van der Waals surface area contributed by atoms with Crippen molar-refractivity contribution in [3.8, 4) is 6.07 Å². The zero-order chi connectivity index (χ0) is 7.73. The first-order valence-corrected chi connectivity index (χ1v) is 4.40. The molecule has 2 aliphatic rings. The minimum Gasteiger partial charge on any atom is -0.377 e. The fourth-order valence-electron chi connectivity index (χ4n) is 2.08. The van der Waals surface area contributed by atoms with E-state index in [2.05, 4.69) is 6.07 Å². The highest BCUT2D eigenvalue weighted by Gasteiger charge is 2.46. The number of hydrogen-bond donors (Lipinski definition) is 0. The van der Waals surface area contributed by atoms with E-state index in [4.69, 9.17) is 10.00 Å². The summed E-state index contributed by atoms with van der Waals surface area (Å²) in [6.07, 6.45) is 5.86. The molecule has 0 aromatic carbocycles. The minimum absolute atomic E-state index is 0.0729. The predicted molar refractivity (Wildman–Crippen MR) is 40.9 cm³/mol. The lowest BCUT2D eigenvalue weighted by molar-refractivity contribution is -0.0124. The Morgan fingerprint density at radius 3 is 2.55 bits per heavy atom. The molecule has 1 unspecified atom stereocenters. The van der Waals surface area contributed by atoms with E-state index in [1.807, 2.05) is 0 Å². The second-order valence-electron chi connectivity index (χ2n) is 3.62. The van der Waals surface area contributed by atoms with Crippen LogP contribution in [0.4, 0.5) is 0 Å². The molecule has 1 aliphatic heterocycles. The summed E-state index contributed by atoms with van der Waals surface area (Å²) in [4.78, 5) is 0. The highest BCUT2D eigenvalue weighted by Crippen LogP contribution is 2.47. The van der Waals surface area contributed by atoms with Gasteiger partial charge in [0.05, 0.1) is 17.6 Å². The first kappa shape index (κ1) is 7.12. The van der Waals surface area contributed by atoms with E-state index in [9.17, 15) is 0 Å². The Balaban J connectivity index is 2.06. The van der Waals surface area contributed by atoms with Gasteiger partial charge >= 0.3 is 0 Å². The number of rotatable bonds is 1. The van der Waals surface area contributed by atoms with Gasteiger partial charge in [0.15, 0.2) is 0 Å². The Morgan fingerprint density at radius 1 is 1.36 bits per heavy atom. The molecule has 0 bridgehead atoms. The van der Waals surface area contributed by atoms with Crippen molar-refractivity contribution in [2.75, 3.05) is 6.61 Å². The molecule has 0 aromatic rings. The molecular weight excluding hydrogens is 138 g/mol. The Kier molecular flexibility index (Phi) is 1.61. The third-order valence-electron chi connectivity index (χ3n) is 3.01. The van der Waals surface area contributed by atoms with Crippen molar-refractivity contribution < 1.29 is 4.74 Å². The second kappa shape index (κ2) is 2.49. The van der Waals surface area contributed by atoms with E-state index in [1.54, 1.807) is 0 Å². The summed E-state index contributed by atoms with van der Waals surface area (Å²) >= 11 is 0. The summed E-state index contributed by atoms with van der Waals surface area (Å²) < 4.78 is 5.53. The Labute approximate surface area is 67.2 Å². The largest absolute Gasteiger partial charge is 0.377 e. The van der Waals surface area contributed by atoms with Crippen LogP contribution in [0.5, 0.6) is 0 Å². The van der Waals surface area contributed by atoms with Crippen LogP contribution < -0.4 is 0 Å². The maximum atomic E-state index is 8.97. The summed E-state index contributed by atoms with van der Waals surface area (Å²) in [6.45, 7) is 0.869. The lowest BCUT2D eigenvalue weighted by Crippen LogP contribution is -2.39. The monoisotopic (exact) mass is 151 g/mol. The number of hydrogen-bond acceptors (Lipinski definition) is 2. The fraction of sp³-hybridized carbons (Fsp3) is 0.889. The number of nitrogens with zero attached hydrogens (tertiary/aromatic N) is 1. The van der Waals surface area contributed by atoms with Gasteiger partial charge in [-0.15, -0.1) is 0 Å². The average molecular weight is 151 g/mol. The van der Waals surface area contributed by atoms with Gasteiger partial charge in [0.25, 0.3) is 0 Å². The normalized spacial score (nSPS) is 34.3. The minimum atomic E-state index is -0.0729. The fourth-order valence-corrected chi connectivity index (χ4v) is 2.08. The van der Waals surface area contributed by atoms with E-state index >= 15 is 0 Å². The Hall–Kier alpha value is -0.550. The van der Waals surface area contributed by atoms with E-state index in [-0.39, 0.29) is 11.5 Å². The van der Waals surface area contributed by atoms with Crippen molar-refractivity contribution in [2.45, 2.75) is 38.2 Å². The summed E-state index contributed by atoms with van der Waals surface area (Å²) in [7, 11) is 0. The van der Waals surface area contributed by atoms with Crippen LogP contribution in [-0.4, -0.2) is 12.7 Å². The molecule has 0 spiro atoms. The molecule has 1 saturated heterocycles. The van der Waals surface area contributed by atoms with Crippen LogP contribution in [0.15, 0.2) is 0 Å².